The number of aromatic nitrogens is 2. The molecule has 0 aliphatic carbocycles. The first-order valence-corrected chi connectivity index (χ1v) is 8.75. The van der Waals surface area contributed by atoms with Crippen LogP contribution in [0.1, 0.15) is 29.3 Å². The van der Waals surface area contributed by atoms with E-state index in [2.05, 4.69) is 38.9 Å². The summed E-state index contributed by atoms with van der Waals surface area (Å²) in [6.45, 7) is 2.46. The number of benzene rings is 1. The molecule has 2 aliphatic rings. The minimum Gasteiger partial charge on any atom is -0.497 e. The molecule has 25 heavy (non-hydrogen) atoms. The van der Waals surface area contributed by atoms with E-state index < -0.39 is 0 Å². The van der Waals surface area contributed by atoms with Gasteiger partial charge in [-0.2, -0.15) is 0 Å². The number of rotatable bonds is 3. The number of hydrogen-bond donors (Lipinski definition) is 1. The summed E-state index contributed by atoms with van der Waals surface area (Å²) in [4.78, 5) is 13.6. The highest BCUT2D eigenvalue weighted by molar-refractivity contribution is 5.53. The van der Waals surface area contributed by atoms with Crippen LogP contribution in [-0.4, -0.2) is 53.3 Å². The number of methoxy groups -OCH3 is 1. The Morgan fingerprint density at radius 3 is 3.00 bits per heavy atom. The Hall–Kier alpha value is -2.18. The summed E-state index contributed by atoms with van der Waals surface area (Å²) in [6, 6.07) is 8.19. The third-order valence-electron chi connectivity index (χ3n) is 5.20. The summed E-state index contributed by atoms with van der Waals surface area (Å²) in [5, 5.41) is 10.3. The number of ether oxygens (including phenoxy) is 1. The van der Waals surface area contributed by atoms with Crippen molar-refractivity contribution in [2.45, 2.75) is 31.5 Å². The second kappa shape index (κ2) is 6.61. The predicted octanol–water partition coefficient (Wildman–Crippen LogP) is 1.79. The van der Waals surface area contributed by atoms with E-state index in [1.807, 2.05) is 12.1 Å². The lowest BCUT2D eigenvalue weighted by molar-refractivity contribution is 0.194. The van der Waals surface area contributed by atoms with Crippen LogP contribution in [0.4, 0.5) is 5.82 Å². The van der Waals surface area contributed by atoms with Gasteiger partial charge in [-0.25, -0.2) is 9.97 Å². The van der Waals surface area contributed by atoms with E-state index in [1.165, 1.54) is 5.56 Å². The lowest BCUT2D eigenvalue weighted by Gasteiger charge is -2.32. The molecule has 0 bridgehead atoms. The Balaban J connectivity index is 1.73. The monoisotopic (exact) mass is 340 g/mol. The van der Waals surface area contributed by atoms with Gasteiger partial charge in [-0.05, 0) is 31.2 Å². The minimum atomic E-state index is -0.358. The van der Waals surface area contributed by atoms with Crippen molar-refractivity contribution in [1.82, 2.24) is 14.9 Å². The topological polar surface area (TPSA) is 61.7 Å². The molecular weight excluding hydrogens is 316 g/mol. The van der Waals surface area contributed by atoms with Crippen molar-refractivity contribution in [2.24, 2.45) is 0 Å². The molecule has 132 valence electrons. The van der Waals surface area contributed by atoms with Crippen LogP contribution in [0.3, 0.4) is 0 Å². The van der Waals surface area contributed by atoms with Crippen LogP contribution in [-0.2, 0) is 13.0 Å². The van der Waals surface area contributed by atoms with E-state index in [1.54, 1.807) is 13.4 Å². The Labute approximate surface area is 148 Å². The Morgan fingerprint density at radius 1 is 1.28 bits per heavy atom. The van der Waals surface area contributed by atoms with Gasteiger partial charge in [-0.3, -0.25) is 0 Å². The van der Waals surface area contributed by atoms with Gasteiger partial charge in [0.15, 0.2) is 0 Å². The number of aliphatic hydroxyl groups excluding tert-OH is 1. The SMILES string of the molecule is COc1cccc([C@@H]2C[C@@H](O)CN2c2ncnc3c2CN(C)CC3)c1. The van der Waals surface area contributed by atoms with Crippen molar-refractivity contribution in [2.75, 3.05) is 32.1 Å². The molecular formula is C19H24N4O2. The molecule has 0 amide bonds. The summed E-state index contributed by atoms with van der Waals surface area (Å²) in [5.74, 6) is 1.80. The van der Waals surface area contributed by atoms with Gasteiger partial charge in [0.25, 0.3) is 0 Å². The second-order valence-corrected chi connectivity index (χ2v) is 6.94. The van der Waals surface area contributed by atoms with Crippen molar-refractivity contribution in [3.63, 3.8) is 0 Å². The highest BCUT2D eigenvalue weighted by Crippen LogP contribution is 2.39. The standard InChI is InChI=1S/C19H24N4O2/c1-22-7-6-17-16(11-22)19(21-12-20-17)23-10-14(24)9-18(23)13-4-3-5-15(8-13)25-2/h3-5,8,12,14,18,24H,6-7,9-11H2,1-2H3/t14-,18+/m1/s1. The van der Waals surface area contributed by atoms with E-state index in [0.29, 0.717) is 13.0 Å². The zero-order valence-corrected chi connectivity index (χ0v) is 14.7. The van der Waals surface area contributed by atoms with Crippen LogP contribution in [0.25, 0.3) is 0 Å². The average Bonchev–Trinajstić information content (AvgIpc) is 3.03. The van der Waals surface area contributed by atoms with Gasteiger partial charge in [-0.15, -0.1) is 0 Å². The molecule has 0 spiro atoms. The van der Waals surface area contributed by atoms with Crippen LogP contribution in [0.15, 0.2) is 30.6 Å². The largest absolute Gasteiger partial charge is 0.497 e. The Morgan fingerprint density at radius 2 is 2.16 bits per heavy atom. The fourth-order valence-electron chi connectivity index (χ4n) is 3.92. The number of β-amino-alcohol motifs (C(OH)–C–C–N with tert-alkyl or cyclic N) is 1. The van der Waals surface area contributed by atoms with Crippen molar-refractivity contribution in [3.8, 4) is 5.75 Å². The number of fused-ring (bicyclic) bond motifs is 1. The average molecular weight is 340 g/mol. The Kier molecular flexibility index (Phi) is 4.31. The molecule has 4 rings (SSSR count). The maximum atomic E-state index is 10.3. The maximum Gasteiger partial charge on any atom is 0.137 e. The van der Waals surface area contributed by atoms with Gasteiger partial charge in [0.05, 0.1) is 24.9 Å². The van der Waals surface area contributed by atoms with E-state index in [-0.39, 0.29) is 12.1 Å². The molecule has 0 saturated carbocycles. The molecule has 0 radical (unpaired) electrons. The second-order valence-electron chi connectivity index (χ2n) is 6.94. The highest BCUT2D eigenvalue weighted by atomic mass is 16.5. The van der Waals surface area contributed by atoms with E-state index in [9.17, 15) is 5.11 Å². The third kappa shape index (κ3) is 3.07. The predicted molar refractivity (Wildman–Crippen MR) is 95.8 cm³/mol. The molecule has 6 nitrogen and oxygen atoms in total. The van der Waals surface area contributed by atoms with Crippen LogP contribution in [0.5, 0.6) is 5.75 Å². The van der Waals surface area contributed by atoms with Crippen LogP contribution >= 0.6 is 0 Å². The summed E-state index contributed by atoms with van der Waals surface area (Å²) < 4.78 is 5.37. The molecule has 3 heterocycles. The van der Waals surface area contributed by atoms with Crippen molar-refractivity contribution in [1.29, 1.82) is 0 Å². The number of nitrogens with zero attached hydrogens (tertiary/aromatic N) is 4. The number of anilines is 1. The van der Waals surface area contributed by atoms with Crippen LogP contribution in [0, 0.1) is 0 Å². The molecule has 1 aromatic heterocycles. The minimum absolute atomic E-state index is 0.0938. The molecule has 2 aromatic rings. The van der Waals surface area contributed by atoms with E-state index in [4.69, 9.17) is 4.74 Å². The van der Waals surface area contributed by atoms with Crippen molar-refractivity contribution in [3.05, 3.63) is 47.4 Å². The van der Waals surface area contributed by atoms with Gasteiger partial charge in [0.2, 0.25) is 0 Å². The summed E-state index contributed by atoms with van der Waals surface area (Å²) >= 11 is 0. The molecule has 2 aliphatic heterocycles. The zero-order valence-electron chi connectivity index (χ0n) is 14.7. The maximum absolute atomic E-state index is 10.3. The molecule has 2 atom stereocenters. The lowest BCUT2D eigenvalue weighted by Crippen LogP contribution is -2.32. The molecule has 1 N–H and O–H groups in total. The lowest BCUT2D eigenvalue weighted by atomic mass is 10.0. The molecule has 1 saturated heterocycles. The first-order valence-electron chi connectivity index (χ1n) is 8.75. The van der Waals surface area contributed by atoms with Crippen LogP contribution < -0.4 is 9.64 Å². The quantitative estimate of drug-likeness (QED) is 0.919. The van der Waals surface area contributed by atoms with Gasteiger partial charge in [0, 0.05) is 31.6 Å². The van der Waals surface area contributed by atoms with Gasteiger partial charge in [-0.1, -0.05) is 12.1 Å². The number of likely N-dealkylation sites (N-methyl/N-ethyl adjacent to an activating group) is 1. The van der Waals surface area contributed by atoms with Crippen molar-refractivity contribution >= 4 is 5.82 Å². The zero-order chi connectivity index (χ0) is 17.4. The summed E-state index contributed by atoms with van der Waals surface area (Å²) in [5.41, 5.74) is 3.47. The fourth-order valence-corrected chi connectivity index (χ4v) is 3.92. The molecule has 1 fully saturated rings. The fraction of sp³-hybridized carbons (Fsp3) is 0.474. The van der Waals surface area contributed by atoms with Gasteiger partial charge in [0.1, 0.15) is 17.9 Å². The Bertz CT molecular complexity index is 767. The molecule has 6 heteroatoms. The van der Waals surface area contributed by atoms with Crippen molar-refractivity contribution < 1.29 is 9.84 Å². The first-order chi connectivity index (χ1) is 12.2. The van der Waals surface area contributed by atoms with Gasteiger partial charge < -0.3 is 19.6 Å². The normalized spacial score (nSPS) is 23.6. The van der Waals surface area contributed by atoms with Crippen LogP contribution in [0.2, 0.25) is 0 Å². The van der Waals surface area contributed by atoms with E-state index >= 15 is 0 Å². The van der Waals surface area contributed by atoms with E-state index in [0.717, 1.165) is 42.3 Å². The highest BCUT2D eigenvalue weighted by Gasteiger charge is 2.35. The third-order valence-corrected chi connectivity index (χ3v) is 5.20. The number of hydrogen-bond acceptors (Lipinski definition) is 6. The first kappa shape index (κ1) is 16.3. The summed E-state index contributed by atoms with van der Waals surface area (Å²) in [6.07, 6.45) is 2.94. The smallest absolute Gasteiger partial charge is 0.137 e. The number of aliphatic hydroxyl groups is 1. The molecule has 0 unspecified atom stereocenters. The summed E-state index contributed by atoms with van der Waals surface area (Å²) in [7, 11) is 3.80. The van der Waals surface area contributed by atoms with Gasteiger partial charge >= 0.3 is 0 Å². The molecule has 1 aromatic carbocycles.